The van der Waals surface area contributed by atoms with Gasteiger partial charge in [-0.2, -0.15) is 0 Å². The molecule has 3 N–H and O–H groups in total. The molecule has 0 spiro atoms. The highest BCUT2D eigenvalue weighted by atomic mass is 15.2. The molecule has 1 saturated heterocycles. The molecule has 0 aromatic rings. The summed E-state index contributed by atoms with van der Waals surface area (Å²) in [4.78, 5) is 6.71. The van der Waals surface area contributed by atoms with Crippen molar-refractivity contribution in [3.63, 3.8) is 0 Å². The summed E-state index contributed by atoms with van der Waals surface area (Å²) < 4.78 is 0. The third-order valence-corrected chi connectivity index (χ3v) is 2.33. The molecule has 0 aliphatic carbocycles. The van der Waals surface area contributed by atoms with Crippen molar-refractivity contribution >= 4 is 5.96 Å². The molecule has 1 aliphatic heterocycles. The van der Waals surface area contributed by atoms with E-state index in [9.17, 15) is 0 Å². The second kappa shape index (κ2) is 5.86. The lowest BCUT2D eigenvalue weighted by Crippen LogP contribution is -2.37. The summed E-state index contributed by atoms with van der Waals surface area (Å²) in [6.07, 6.45) is 2.67. The molecule has 1 fully saturated rings. The van der Waals surface area contributed by atoms with Crippen molar-refractivity contribution in [2.45, 2.75) is 32.7 Å². The van der Waals surface area contributed by atoms with E-state index in [4.69, 9.17) is 5.73 Å². The minimum absolute atomic E-state index is 0.366. The minimum atomic E-state index is 0.366. The van der Waals surface area contributed by atoms with E-state index in [0.717, 1.165) is 13.1 Å². The van der Waals surface area contributed by atoms with Gasteiger partial charge < -0.3 is 16.0 Å². The molecule has 4 nitrogen and oxygen atoms in total. The van der Waals surface area contributed by atoms with Crippen LogP contribution in [-0.2, 0) is 0 Å². The maximum Gasteiger partial charge on any atom is 0.188 e. The maximum absolute atomic E-state index is 5.68. The fourth-order valence-electron chi connectivity index (χ4n) is 1.66. The average Bonchev–Trinajstić information content (AvgIpc) is 2.55. The summed E-state index contributed by atoms with van der Waals surface area (Å²) in [7, 11) is 0. The van der Waals surface area contributed by atoms with Crippen molar-refractivity contribution in [1.29, 1.82) is 0 Å². The number of guanidine groups is 1. The lowest BCUT2D eigenvalue weighted by atomic mass is 10.4. The van der Waals surface area contributed by atoms with Crippen molar-refractivity contribution in [3.05, 3.63) is 0 Å². The quantitative estimate of drug-likeness (QED) is 0.508. The second-order valence-electron chi connectivity index (χ2n) is 4.11. The van der Waals surface area contributed by atoms with Crippen LogP contribution in [0.5, 0.6) is 0 Å². The Morgan fingerprint density at radius 2 is 2.07 bits per heavy atom. The van der Waals surface area contributed by atoms with Gasteiger partial charge in [0.1, 0.15) is 0 Å². The van der Waals surface area contributed by atoms with Gasteiger partial charge in [-0.15, -0.1) is 0 Å². The molecule has 1 heterocycles. The Bertz CT molecular complexity index is 183. The van der Waals surface area contributed by atoms with Crippen molar-refractivity contribution in [2.24, 2.45) is 10.7 Å². The van der Waals surface area contributed by atoms with Crippen molar-refractivity contribution in [1.82, 2.24) is 10.2 Å². The Labute approximate surface area is 86.6 Å². The topological polar surface area (TPSA) is 53.6 Å². The number of hydrogen-bond donors (Lipinski definition) is 2. The molecule has 1 rings (SSSR count). The Hall–Kier alpha value is -0.770. The summed E-state index contributed by atoms with van der Waals surface area (Å²) in [6, 6.07) is 0.366. The predicted molar refractivity (Wildman–Crippen MR) is 60.4 cm³/mol. The van der Waals surface area contributed by atoms with Crippen LogP contribution in [0.25, 0.3) is 0 Å². The number of nitrogens with one attached hydrogen (secondary N) is 1. The number of nitrogens with zero attached hydrogens (tertiary/aromatic N) is 2. The van der Waals surface area contributed by atoms with Gasteiger partial charge in [0.15, 0.2) is 5.96 Å². The molecular weight excluding hydrogens is 176 g/mol. The summed E-state index contributed by atoms with van der Waals surface area (Å²) >= 11 is 0. The van der Waals surface area contributed by atoms with Gasteiger partial charge >= 0.3 is 0 Å². The number of hydrogen-bond acceptors (Lipinski definition) is 2. The fraction of sp³-hybridized carbons (Fsp3) is 0.900. The van der Waals surface area contributed by atoms with Crippen LogP contribution in [0.3, 0.4) is 0 Å². The van der Waals surface area contributed by atoms with Crippen LogP contribution < -0.4 is 11.1 Å². The summed E-state index contributed by atoms with van der Waals surface area (Å²) in [5.41, 5.74) is 5.68. The fourth-order valence-corrected chi connectivity index (χ4v) is 1.66. The Morgan fingerprint density at radius 3 is 2.64 bits per heavy atom. The van der Waals surface area contributed by atoms with E-state index < -0.39 is 0 Å². The standard InChI is InChI=1S/C10H22N4/c1-9(2)13-10(11)12-5-8-14-6-3-4-7-14/h9H,3-8H2,1-2H3,(H3,11,12,13). The molecular formula is C10H22N4. The SMILES string of the molecule is CC(C)NC(N)=NCCN1CCCC1. The summed E-state index contributed by atoms with van der Waals surface area (Å²) in [5.74, 6) is 0.569. The zero-order chi connectivity index (χ0) is 10.4. The van der Waals surface area contributed by atoms with E-state index in [-0.39, 0.29) is 0 Å². The second-order valence-corrected chi connectivity index (χ2v) is 4.11. The average molecular weight is 198 g/mol. The Morgan fingerprint density at radius 1 is 1.43 bits per heavy atom. The van der Waals surface area contributed by atoms with Crippen molar-refractivity contribution in [2.75, 3.05) is 26.2 Å². The number of aliphatic imine (C=N–C) groups is 1. The van der Waals surface area contributed by atoms with Crippen LogP contribution >= 0.6 is 0 Å². The van der Waals surface area contributed by atoms with Crippen LogP contribution in [0, 0.1) is 0 Å². The lowest BCUT2D eigenvalue weighted by Gasteiger charge is -2.13. The molecule has 0 aromatic heterocycles. The van der Waals surface area contributed by atoms with Crippen molar-refractivity contribution in [3.8, 4) is 0 Å². The third-order valence-electron chi connectivity index (χ3n) is 2.33. The number of rotatable bonds is 4. The van der Waals surface area contributed by atoms with Gasteiger partial charge in [-0.1, -0.05) is 0 Å². The Kier molecular flexibility index (Phi) is 4.73. The van der Waals surface area contributed by atoms with Crippen molar-refractivity contribution < 1.29 is 0 Å². The maximum atomic E-state index is 5.68. The monoisotopic (exact) mass is 198 g/mol. The number of nitrogens with two attached hydrogens (primary N) is 1. The highest BCUT2D eigenvalue weighted by molar-refractivity contribution is 5.78. The molecule has 0 atom stereocenters. The van der Waals surface area contributed by atoms with Gasteiger partial charge in [0.25, 0.3) is 0 Å². The molecule has 0 bridgehead atoms. The number of likely N-dealkylation sites (tertiary alicyclic amines) is 1. The highest BCUT2D eigenvalue weighted by Crippen LogP contribution is 2.05. The highest BCUT2D eigenvalue weighted by Gasteiger charge is 2.09. The molecule has 0 aromatic carbocycles. The minimum Gasteiger partial charge on any atom is -0.370 e. The zero-order valence-electron chi connectivity index (χ0n) is 9.29. The molecule has 0 unspecified atom stereocenters. The molecule has 0 saturated carbocycles. The van der Waals surface area contributed by atoms with E-state index in [1.54, 1.807) is 0 Å². The first-order valence-corrected chi connectivity index (χ1v) is 5.47. The van der Waals surface area contributed by atoms with Gasteiger partial charge in [0, 0.05) is 12.6 Å². The van der Waals surface area contributed by atoms with E-state index >= 15 is 0 Å². The first-order chi connectivity index (χ1) is 6.68. The predicted octanol–water partition coefficient (Wildman–Crippen LogP) is 0.395. The normalized spacial score (nSPS) is 19.2. The Balaban J connectivity index is 2.11. The summed E-state index contributed by atoms with van der Waals surface area (Å²) in [6.45, 7) is 8.43. The van der Waals surface area contributed by atoms with E-state index in [2.05, 4.69) is 29.1 Å². The van der Waals surface area contributed by atoms with Crippen LogP contribution in [0.4, 0.5) is 0 Å². The van der Waals surface area contributed by atoms with E-state index in [1.807, 2.05) is 0 Å². The van der Waals surface area contributed by atoms with Gasteiger partial charge in [-0.05, 0) is 39.8 Å². The largest absolute Gasteiger partial charge is 0.370 e. The van der Waals surface area contributed by atoms with Crippen LogP contribution in [0.1, 0.15) is 26.7 Å². The molecule has 0 amide bonds. The van der Waals surface area contributed by atoms with Gasteiger partial charge in [0.2, 0.25) is 0 Å². The molecule has 14 heavy (non-hydrogen) atoms. The van der Waals surface area contributed by atoms with Gasteiger partial charge in [-0.25, -0.2) is 0 Å². The van der Waals surface area contributed by atoms with Crippen LogP contribution in [0.15, 0.2) is 4.99 Å². The molecule has 4 heteroatoms. The zero-order valence-corrected chi connectivity index (χ0v) is 9.29. The van der Waals surface area contributed by atoms with E-state index in [1.165, 1.54) is 25.9 Å². The lowest BCUT2D eigenvalue weighted by molar-refractivity contribution is 0.349. The molecule has 1 aliphatic rings. The first-order valence-electron chi connectivity index (χ1n) is 5.47. The third kappa shape index (κ3) is 4.46. The summed E-state index contributed by atoms with van der Waals surface area (Å²) in [5, 5.41) is 3.08. The smallest absolute Gasteiger partial charge is 0.188 e. The van der Waals surface area contributed by atoms with Gasteiger partial charge in [-0.3, -0.25) is 4.99 Å². The molecule has 0 radical (unpaired) electrons. The van der Waals surface area contributed by atoms with Crippen LogP contribution in [0.2, 0.25) is 0 Å². The molecule has 82 valence electrons. The first kappa shape index (κ1) is 11.3. The van der Waals surface area contributed by atoms with Gasteiger partial charge in [0.05, 0.1) is 6.54 Å². The van der Waals surface area contributed by atoms with Crippen LogP contribution in [-0.4, -0.2) is 43.1 Å². The van der Waals surface area contributed by atoms with E-state index in [0.29, 0.717) is 12.0 Å².